The largest absolute Gasteiger partial charge is 0.453 e. The molecule has 0 aliphatic carbocycles. The van der Waals surface area contributed by atoms with Crippen molar-refractivity contribution in [1.82, 2.24) is 5.32 Å². The molecule has 1 heterocycles. The molecular formula is C22H25NO9S. The van der Waals surface area contributed by atoms with E-state index >= 15 is 0 Å². The van der Waals surface area contributed by atoms with Crippen LogP contribution in [0.15, 0.2) is 59.5 Å². The number of carbonyl (C=O) groups excluding carboxylic acids is 2. The molecule has 2 aromatic rings. The summed E-state index contributed by atoms with van der Waals surface area (Å²) in [4.78, 5) is 24.0. The van der Waals surface area contributed by atoms with E-state index in [2.05, 4.69) is 5.32 Å². The number of nitrogens with one attached hydrogen (secondary N) is 1. The molecule has 3 N–H and O–H groups in total. The van der Waals surface area contributed by atoms with E-state index < -0.39 is 59.2 Å². The zero-order valence-corrected chi connectivity index (χ0v) is 18.8. The van der Waals surface area contributed by atoms with Gasteiger partial charge in [0, 0.05) is 6.92 Å². The number of hydrogen-bond acceptors (Lipinski definition) is 9. The van der Waals surface area contributed by atoms with Crippen LogP contribution in [0.5, 0.6) is 0 Å². The monoisotopic (exact) mass is 479 g/mol. The normalized spacial score (nSPS) is 25.3. The molecular weight excluding hydrogens is 454 g/mol. The SMILES string of the molecule is CC(=O)N[C@@H]1[C@@H](OC(=O)c2ccccc2)[C@H](O)[C@@H](COS(=O)(=O)c2ccc(C)cc2)O[C@@H]1O. The highest BCUT2D eigenvalue weighted by Gasteiger charge is 2.48. The molecule has 0 bridgehead atoms. The molecule has 3 rings (SSSR count). The van der Waals surface area contributed by atoms with Crippen molar-refractivity contribution in [2.45, 2.75) is 49.4 Å². The number of amides is 1. The highest BCUT2D eigenvalue weighted by atomic mass is 32.2. The third-order valence-electron chi connectivity index (χ3n) is 5.01. The Labute approximate surface area is 191 Å². The first-order chi connectivity index (χ1) is 15.6. The number of aliphatic hydroxyl groups excluding tert-OH is 2. The Morgan fingerprint density at radius 1 is 1.06 bits per heavy atom. The van der Waals surface area contributed by atoms with Gasteiger partial charge in [-0.2, -0.15) is 8.42 Å². The number of ether oxygens (including phenoxy) is 2. The minimum Gasteiger partial charge on any atom is -0.453 e. The van der Waals surface area contributed by atoms with Crippen LogP contribution in [-0.2, 0) is 28.6 Å². The van der Waals surface area contributed by atoms with Gasteiger partial charge in [0.25, 0.3) is 10.1 Å². The fourth-order valence-electron chi connectivity index (χ4n) is 3.29. The predicted molar refractivity (Wildman–Crippen MR) is 114 cm³/mol. The fourth-order valence-corrected chi connectivity index (χ4v) is 4.21. The number of hydrogen-bond donors (Lipinski definition) is 3. The lowest BCUT2D eigenvalue weighted by molar-refractivity contribution is -0.251. The van der Waals surface area contributed by atoms with Crippen LogP contribution in [0.4, 0.5) is 0 Å². The van der Waals surface area contributed by atoms with Gasteiger partial charge in [-0.1, -0.05) is 35.9 Å². The Morgan fingerprint density at radius 3 is 2.30 bits per heavy atom. The summed E-state index contributed by atoms with van der Waals surface area (Å²) in [5, 5.41) is 23.6. The van der Waals surface area contributed by atoms with Crippen LogP contribution < -0.4 is 5.32 Å². The zero-order valence-electron chi connectivity index (χ0n) is 18.0. The maximum absolute atomic E-state index is 12.5. The van der Waals surface area contributed by atoms with Crippen molar-refractivity contribution in [2.75, 3.05) is 6.61 Å². The predicted octanol–water partition coefficient (Wildman–Crippen LogP) is 0.509. The summed E-state index contributed by atoms with van der Waals surface area (Å²) < 4.78 is 40.6. The van der Waals surface area contributed by atoms with E-state index in [1.807, 2.05) is 0 Å². The van der Waals surface area contributed by atoms with Crippen LogP contribution in [-0.4, -0.2) is 67.8 Å². The number of aryl methyl sites for hydroxylation is 1. The summed E-state index contributed by atoms with van der Waals surface area (Å²) in [6.07, 6.45) is -6.15. The van der Waals surface area contributed by atoms with E-state index in [1.54, 1.807) is 37.3 Å². The van der Waals surface area contributed by atoms with E-state index in [1.165, 1.54) is 31.2 Å². The van der Waals surface area contributed by atoms with Gasteiger partial charge >= 0.3 is 5.97 Å². The molecule has 0 radical (unpaired) electrons. The van der Waals surface area contributed by atoms with Crippen LogP contribution in [0.3, 0.4) is 0 Å². The van der Waals surface area contributed by atoms with Crippen molar-refractivity contribution >= 4 is 22.0 Å². The molecule has 1 aliphatic rings. The molecule has 0 aromatic heterocycles. The molecule has 11 heteroatoms. The summed E-state index contributed by atoms with van der Waals surface area (Å²) in [6, 6.07) is 12.6. The average Bonchev–Trinajstić information content (AvgIpc) is 2.78. The van der Waals surface area contributed by atoms with Gasteiger partial charge in [-0.05, 0) is 31.2 Å². The van der Waals surface area contributed by atoms with Crippen LogP contribution >= 0.6 is 0 Å². The molecule has 0 saturated carbocycles. The Kier molecular flexibility index (Phi) is 7.82. The molecule has 1 amide bonds. The van der Waals surface area contributed by atoms with Crippen molar-refractivity contribution < 1.29 is 41.9 Å². The molecule has 178 valence electrons. The van der Waals surface area contributed by atoms with Crippen LogP contribution in [0, 0.1) is 6.92 Å². The highest BCUT2D eigenvalue weighted by molar-refractivity contribution is 7.86. The number of benzene rings is 2. The van der Waals surface area contributed by atoms with E-state index in [4.69, 9.17) is 13.7 Å². The number of aliphatic hydroxyl groups is 2. The molecule has 0 unspecified atom stereocenters. The van der Waals surface area contributed by atoms with Gasteiger partial charge in [-0.15, -0.1) is 0 Å². The first-order valence-corrected chi connectivity index (χ1v) is 11.5. The molecule has 5 atom stereocenters. The van der Waals surface area contributed by atoms with Gasteiger partial charge in [0.1, 0.15) is 18.2 Å². The first-order valence-electron chi connectivity index (χ1n) is 10.1. The Hall–Kier alpha value is -2.83. The molecule has 0 spiro atoms. The second-order valence-corrected chi connectivity index (χ2v) is 9.18. The summed E-state index contributed by atoms with van der Waals surface area (Å²) >= 11 is 0. The third kappa shape index (κ3) is 6.15. The molecule has 10 nitrogen and oxygen atoms in total. The lowest BCUT2D eigenvalue weighted by Gasteiger charge is -2.42. The van der Waals surface area contributed by atoms with E-state index in [0.29, 0.717) is 0 Å². The third-order valence-corrected chi connectivity index (χ3v) is 6.31. The van der Waals surface area contributed by atoms with E-state index in [-0.39, 0.29) is 10.5 Å². The standard InChI is InChI=1S/C22H25NO9S/c1-13-8-10-16(11-9-13)33(28,29)30-12-17-19(25)20(18(22(27)31-17)23-14(2)24)32-21(26)15-6-4-3-5-7-15/h3-11,17-20,22,25,27H,12H2,1-2H3,(H,23,24)/t17-,18-,19-,20-,22+/m1/s1. The molecule has 1 aliphatic heterocycles. The van der Waals surface area contributed by atoms with Gasteiger partial charge in [-0.25, -0.2) is 4.79 Å². The number of carbonyl (C=O) groups is 2. The molecule has 1 fully saturated rings. The minimum atomic E-state index is -4.18. The second kappa shape index (κ2) is 10.4. The van der Waals surface area contributed by atoms with Crippen molar-refractivity contribution in [3.8, 4) is 0 Å². The summed E-state index contributed by atoms with van der Waals surface area (Å²) in [7, 11) is -4.18. The molecule has 33 heavy (non-hydrogen) atoms. The maximum atomic E-state index is 12.5. The summed E-state index contributed by atoms with van der Waals surface area (Å²) in [5.74, 6) is -1.37. The Balaban J connectivity index is 1.77. The quantitative estimate of drug-likeness (QED) is 0.381. The first kappa shape index (κ1) is 24.8. The van der Waals surface area contributed by atoms with Gasteiger partial charge in [-0.3, -0.25) is 8.98 Å². The average molecular weight is 480 g/mol. The Bertz CT molecular complexity index is 1070. The second-order valence-electron chi connectivity index (χ2n) is 7.57. The lowest BCUT2D eigenvalue weighted by Crippen LogP contribution is -2.65. The minimum absolute atomic E-state index is 0.0953. The summed E-state index contributed by atoms with van der Waals surface area (Å²) in [5.41, 5.74) is 1.04. The van der Waals surface area contributed by atoms with Crippen LogP contribution in [0.1, 0.15) is 22.8 Å². The van der Waals surface area contributed by atoms with E-state index in [9.17, 15) is 28.2 Å². The van der Waals surface area contributed by atoms with Gasteiger partial charge < -0.3 is 25.0 Å². The number of rotatable bonds is 7. The van der Waals surface area contributed by atoms with Gasteiger partial charge in [0.15, 0.2) is 12.4 Å². The van der Waals surface area contributed by atoms with Crippen molar-refractivity contribution in [3.05, 3.63) is 65.7 Å². The van der Waals surface area contributed by atoms with Crippen molar-refractivity contribution in [1.29, 1.82) is 0 Å². The summed E-state index contributed by atoms with van der Waals surface area (Å²) in [6.45, 7) is 2.31. The van der Waals surface area contributed by atoms with E-state index in [0.717, 1.165) is 5.56 Å². The fraction of sp³-hybridized carbons (Fsp3) is 0.364. The van der Waals surface area contributed by atoms with Crippen LogP contribution in [0.2, 0.25) is 0 Å². The number of esters is 1. The van der Waals surface area contributed by atoms with Crippen molar-refractivity contribution in [3.63, 3.8) is 0 Å². The van der Waals surface area contributed by atoms with Gasteiger partial charge in [0.2, 0.25) is 5.91 Å². The smallest absolute Gasteiger partial charge is 0.338 e. The highest BCUT2D eigenvalue weighted by Crippen LogP contribution is 2.25. The zero-order chi connectivity index (χ0) is 24.2. The Morgan fingerprint density at radius 2 is 1.70 bits per heavy atom. The maximum Gasteiger partial charge on any atom is 0.338 e. The molecule has 2 aromatic carbocycles. The van der Waals surface area contributed by atoms with Crippen molar-refractivity contribution in [2.24, 2.45) is 0 Å². The van der Waals surface area contributed by atoms with Crippen LogP contribution in [0.25, 0.3) is 0 Å². The lowest BCUT2D eigenvalue weighted by atomic mass is 9.96. The van der Waals surface area contributed by atoms with Gasteiger partial charge in [0.05, 0.1) is 17.1 Å². The topological polar surface area (TPSA) is 148 Å². The molecule has 1 saturated heterocycles.